The van der Waals surface area contributed by atoms with Gasteiger partial charge in [-0.05, 0) is 63.8 Å². The smallest absolute Gasteiger partial charge is 1.00 e. The molecule has 1 aromatic heterocycles. The van der Waals surface area contributed by atoms with Gasteiger partial charge in [0, 0.05) is 12.5 Å². The fraction of sp³-hybridized carbons (Fsp3) is 0.556. The maximum atomic E-state index is 16.0. The molecule has 3 rings (SSSR count). The van der Waals surface area contributed by atoms with Gasteiger partial charge in [0.05, 0.1) is 29.7 Å². The number of amides is 1. The number of benzene rings is 1. The van der Waals surface area contributed by atoms with E-state index in [0.717, 1.165) is 10.5 Å². The molecule has 3 N–H and O–H groups in total. The molecule has 41 heavy (non-hydrogen) atoms. The third-order valence-corrected chi connectivity index (χ3v) is 8.13. The minimum atomic E-state index is -4.08. The van der Waals surface area contributed by atoms with Crippen LogP contribution in [0.2, 0.25) is 0 Å². The molecule has 1 aliphatic rings. The summed E-state index contributed by atoms with van der Waals surface area (Å²) >= 11 is 0. The van der Waals surface area contributed by atoms with Gasteiger partial charge in [-0.1, -0.05) is 31.2 Å². The number of nitrogens with two attached hydrogens (primary N) is 1. The van der Waals surface area contributed by atoms with Crippen LogP contribution in [0.25, 0.3) is 0 Å². The van der Waals surface area contributed by atoms with E-state index in [9.17, 15) is 13.2 Å². The third-order valence-electron chi connectivity index (χ3n) is 6.75. The van der Waals surface area contributed by atoms with Crippen molar-refractivity contribution >= 4 is 24.5 Å². The Morgan fingerprint density at radius 2 is 1.90 bits per heavy atom. The molecule has 3 atom stereocenters. The Bertz CT molecular complexity index is 1330. The van der Waals surface area contributed by atoms with E-state index in [1.165, 1.54) is 13.0 Å². The van der Waals surface area contributed by atoms with E-state index in [1.54, 1.807) is 45.9 Å². The Morgan fingerprint density at radius 3 is 2.46 bits per heavy atom. The topological polar surface area (TPSA) is 115 Å². The van der Waals surface area contributed by atoms with Gasteiger partial charge in [-0.3, -0.25) is 9.88 Å². The number of carbonyl (C=O) groups is 1. The molecule has 0 saturated carbocycles. The minimum Gasteiger partial charge on any atom is -1.00 e. The van der Waals surface area contributed by atoms with Crippen LogP contribution < -0.4 is 40.0 Å². The SMILES string of the molecule is CCS(=O)(=O)N[C@@H]1[C@H](Cc2cccc(C(C)c3nc(CN)ccc3C)c2F)N(C(=O)OC(C)(C)C)CC1(F)F.[B-].[Na+]. The van der Waals surface area contributed by atoms with Crippen molar-refractivity contribution in [3.8, 4) is 0 Å². The average Bonchev–Trinajstić information content (AvgIpc) is 3.08. The Labute approximate surface area is 264 Å². The molecule has 0 spiro atoms. The summed E-state index contributed by atoms with van der Waals surface area (Å²) in [6.07, 6.45) is -1.40. The van der Waals surface area contributed by atoms with E-state index in [-0.39, 0.29) is 62.1 Å². The van der Waals surface area contributed by atoms with Crippen molar-refractivity contribution in [2.24, 2.45) is 5.73 Å². The number of ether oxygens (including phenoxy) is 1. The van der Waals surface area contributed by atoms with Gasteiger partial charge in [0.25, 0.3) is 5.92 Å². The number of likely N-dealkylation sites (tertiary alicyclic amines) is 1. The van der Waals surface area contributed by atoms with Gasteiger partial charge in [0.2, 0.25) is 10.0 Å². The quantitative estimate of drug-likeness (QED) is 0.433. The maximum absolute atomic E-state index is 16.0. The van der Waals surface area contributed by atoms with Gasteiger partial charge in [-0.15, -0.1) is 0 Å². The van der Waals surface area contributed by atoms with Crippen molar-refractivity contribution in [3.05, 3.63) is 64.2 Å². The number of pyridine rings is 1. The first-order valence-electron chi connectivity index (χ1n) is 12.8. The number of hydrogen-bond acceptors (Lipinski definition) is 6. The van der Waals surface area contributed by atoms with Crippen molar-refractivity contribution in [2.45, 2.75) is 84.0 Å². The van der Waals surface area contributed by atoms with Crippen molar-refractivity contribution in [2.75, 3.05) is 12.3 Å². The number of rotatable bonds is 8. The second kappa shape index (κ2) is 14.2. The van der Waals surface area contributed by atoms with E-state index in [0.29, 0.717) is 11.4 Å². The number of nitrogens with zero attached hydrogens (tertiary/aromatic N) is 2. The number of sulfonamides is 1. The van der Waals surface area contributed by atoms with Gasteiger partial charge in [-0.2, -0.15) is 0 Å². The number of nitrogens with one attached hydrogen (secondary N) is 1. The molecule has 1 saturated heterocycles. The second-order valence-corrected chi connectivity index (χ2v) is 12.9. The van der Waals surface area contributed by atoms with Crippen LogP contribution in [0.4, 0.5) is 18.0 Å². The maximum Gasteiger partial charge on any atom is 1.00 e. The molecule has 1 fully saturated rings. The first kappa shape index (κ1) is 37.4. The van der Waals surface area contributed by atoms with Crippen LogP contribution in [0, 0.1) is 12.7 Å². The number of hydrogen-bond donors (Lipinski definition) is 2. The molecule has 1 amide bonds. The van der Waals surface area contributed by atoms with E-state index in [2.05, 4.69) is 4.98 Å². The Hall–Kier alpha value is -1.64. The summed E-state index contributed by atoms with van der Waals surface area (Å²) in [6.45, 7) is 8.86. The summed E-state index contributed by atoms with van der Waals surface area (Å²) in [5.41, 5.74) is 7.20. The fourth-order valence-electron chi connectivity index (χ4n) is 4.70. The van der Waals surface area contributed by atoms with Gasteiger partial charge >= 0.3 is 35.7 Å². The summed E-state index contributed by atoms with van der Waals surface area (Å²) in [5, 5.41) is 0. The third kappa shape index (κ3) is 8.93. The number of halogens is 3. The number of carbonyl (C=O) groups excluding carboxylic acids is 1. The van der Waals surface area contributed by atoms with Crippen LogP contribution in [0.1, 0.15) is 68.6 Å². The summed E-state index contributed by atoms with van der Waals surface area (Å²) in [6, 6.07) is 4.90. The van der Waals surface area contributed by atoms with Crippen LogP contribution in [-0.2, 0) is 27.7 Å². The summed E-state index contributed by atoms with van der Waals surface area (Å²) < 4.78 is 78.5. The zero-order valence-electron chi connectivity index (χ0n) is 24.7. The zero-order chi connectivity index (χ0) is 29.3. The van der Waals surface area contributed by atoms with Gasteiger partial charge in [0.15, 0.2) is 0 Å². The molecular formula is C27H37BF3N4NaO4S. The number of aryl methyl sites for hydroxylation is 1. The molecule has 1 aliphatic heterocycles. The first-order valence-corrected chi connectivity index (χ1v) is 14.5. The molecule has 1 aromatic carbocycles. The van der Waals surface area contributed by atoms with E-state index < -0.39 is 63.8 Å². The largest absolute Gasteiger partial charge is 1.00 e. The molecule has 2 aromatic rings. The van der Waals surface area contributed by atoms with Crippen LogP contribution >= 0.6 is 0 Å². The van der Waals surface area contributed by atoms with Crippen LogP contribution in [0.3, 0.4) is 0 Å². The monoisotopic (exact) mass is 604 g/mol. The molecule has 220 valence electrons. The van der Waals surface area contributed by atoms with E-state index >= 15 is 13.2 Å². The molecule has 0 bridgehead atoms. The van der Waals surface area contributed by atoms with Crippen LogP contribution in [0.15, 0.2) is 30.3 Å². The number of alkyl halides is 2. The molecule has 2 heterocycles. The van der Waals surface area contributed by atoms with Gasteiger partial charge in [-0.25, -0.2) is 31.1 Å². The van der Waals surface area contributed by atoms with Crippen LogP contribution in [-0.4, -0.2) is 68.7 Å². The number of aromatic nitrogens is 1. The Kier molecular flexibility index (Phi) is 13.0. The standard InChI is InChI=1S/C27H37F3N4O4S.B.Na/c1-7-39(36,37)33-24-21(34(15-27(24,29)30)25(35)38-26(4,5)6)13-18-9-8-10-20(22(18)28)17(3)23-16(2)11-12-19(14-31)32-23;;/h8-12,17,21,24,33H,7,13-15,31H2,1-6H3;;/q;-1;+1/t17?,21-,24+;;/m0../s1. The molecular weight excluding hydrogens is 567 g/mol. The molecule has 0 aliphatic carbocycles. The molecule has 1 unspecified atom stereocenters. The normalized spacial score (nSPS) is 19.2. The predicted octanol–water partition coefficient (Wildman–Crippen LogP) is 0.868. The van der Waals surface area contributed by atoms with Crippen LogP contribution in [0.5, 0.6) is 0 Å². The fourth-order valence-corrected chi connectivity index (χ4v) is 5.58. The predicted molar refractivity (Wildman–Crippen MR) is 148 cm³/mol. The van der Waals surface area contributed by atoms with E-state index in [1.807, 2.05) is 17.7 Å². The average molecular weight is 604 g/mol. The van der Waals surface area contributed by atoms with Crippen molar-refractivity contribution < 1.29 is 60.7 Å². The van der Waals surface area contributed by atoms with Gasteiger partial charge < -0.3 is 18.9 Å². The second-order valence-electron chi connectivity index (χ2n) is 10.9. The van der Waals surface area contributed by atoms with Crippen molar-refractivity contribution in [1.82, 2.24) is 14.6 Å². The van der Waals surface area contributed by atoms with Crippen molar-refractivity contribution in [3.63, 3.8) is 0 Å². The van der Waals surface area contributed by atoms with E-state index in [4.69, 9.17) is 10.5 Å². The Balaban J connectivity index is 0.00000420. The zero-order valence-corrected chi connectivity index (χ0v) is 27.5. The summed E-state index contributed by atoms with van der Waals surface area (Å²) in [7, 11) is -4.08. The molecule has 4 radical (unpaired) electrons. The first-order chi connectivity index (χ1) is 18.0. The minimum absolute atomic E-state index is 0. The van der Waals surface area contributed by atoms with Gasteiger partial charge in [0.1, 0.15) is 17.5 Å². The molecule has 8 nitrogen and oxygen atoms in total. The summed E-state index contributed by atoms with van der Waals surface area (Å²) in [5.74, 6) is -5.18. The Morgan fingerprint density at radius 1 is 1.27 bits per heavy atom. The molecule has 14 heteroatoms. The summed E-state index contributed by atoms with van der Waals surface area (Å²) in [4.78, 5) is 18.3. The van der Waals surface area contributed by atoms with Crippen molar-refractivity contribution in [1.29, 1.82) is 0 Å².